The second-order valence-electron chi connectivity index (χ2n) is 9.56. The maximum Gasteiger partial charge on any atom is 0.127 e. The Morgan fingerprint density at radius 3 is 2.21 bits per heavy atom. The summed E-state index contributed by atoms with van der Waals surface area (Å²) >= 11 is 0. The zero-order valence-electron chi connectivity index (χ0n) is 19.9. The van der Waals surface area contributed by atoms with Gasteiger partial charge in [0.05, 0.1) is 0 Å². The lowest BCUT2D eigenvalue weighted by atomic mass is 9.80. The van der Waals surface area contributed by atoms with Crippen LogP contribution in [0.2, 0.25) is 0 Å². The van der Waals surface area contributed by atoms with E-state index in [0.717, 1.165) is 43.1 Å². The summed E-state index contributed by atoms with van der Waals surface area (Å²) < 4.78 is 12.2. The standard InChI is InChI=1S/C23H29NO3.C6H6/c1-4-11-24-14-19(15-24)26-18-8-5-16(6-9-18)21-13-23(2,3)27-22-12-17(25)7-10-20(21)22;1-2-4-6-5-3-1/h5-10,12,19,21,25H,4,11,13-15H2,1-3H3;1-6H/t21-;/m1./s1. The van der Waals surface area contributed by atoms with E-state index < -0.39 is 0 Å². The largest absolute Gasteiger partial charge is 0.508 e. The van der Waals surface area contributed by atoms with E-state index in [0.29, 0.717) is 6.10 Å². The Morgan fingerprint density at radius 2 is 1.61 bits per heavy atom. The minimum atomic E-state index is -0.269. The molecule has 1 N–H and O–H groups in total. The van der Waals surface area contributed by atoms with E-state index in [9.17, 15) is 5.11 Å². The summed E-state index contributed by atoms with van der Waals surface area (Å²) in [6.45, 7) is 9.63. The molecule has 0 bridgehead atoms. The Balaban J connectivity index is 0.000000376. The Morgan fingerprint density at radius 1 is 0.970 bits per heavy atom. The van der Waals surface area contributed by atoms with Crippen LogP contribution in [0, 0.1) is 0 Å². The first-order valence-electron chi connectivity index (χ1n) is 11.9. The number of phenols is 1. The van der Waals surface area contributed by atoms with Crippen molar-refractivity contribution in [3.63, 3.8) is 0 Å². The van der Waals surface area contributed by atoms with Crippen LogP contribution in [0.25, 0.3) is 0 Å². The Labute approximate surface area is 197 Å². The van der Waals surface area contributed by atoms with Crippen molar-refractivity contribution >= 4 is 0 Å². The van der Waals surface area contributed by atoms with Gasteiger partial charge in [0.2, 0.25) is 0 Å². The molecule has 33 heavy (non-hydrogen) atoms. The fourth-order valence-electron chi connectivity index (χ4n) is 4.59. The predicted octanol–water partition coefficient (Wildman–Crippen LogP) is 6.24. The SMILES string of the molecule is CCCN1CC(Oc2ccc([C@H]3CC(C)(C)Oc4cc(O)ccc43)cc2)C1.c1ccccc1. The van der Waals surface area contributed by atoms with Gasteiger partial charge in [-0.2, -0.15) is 0 Å². The molecule has 3 aromatic rings. The molecule has 2 heterocycles. The summed E-state index contributed by atoms with van der Waals surface area (Å²) in [7, 11) is 0. The Hall–Kier alpha value is -2.98. The molecule has 0 amide bonds. The van der Waals surface area contributed by atoms with Crippen molar-refractivity contribution in [3.8, 4) is 17.2 Å². The highest BCUT2D eigenvalue weighted by Gasteiger charge is 2.35. The zero-order valence-corrected chi connectivity index (χ0v) is 19.9. The van der Waals surface area contributed by atoms with E-state index >= 15 is 0 Å². The molecule has 2 aliphatic rings. The lowest BCUT2D eigenvalue weighted by Crippen LogP contribution is -2.53. The molecule has 1 atom stereocenters. The van der Waals surface area contributed by atoms with Gasteiger partial charge in [-0.05, 0) is 57.0 Å². The van der Waals surface area contributed by atoms with E-state index in [2.05, 4.69) is 49.9 Å². The maximum atomic E-state index is 9.82. The molecule has 4 heteroatoms. The van der Waals surface area contributed by atoms with Gasteiger partial charge in [-0.1, -0.05) is 61.5 Å². The smallest absolute Gasteiger partial charge is 0.127 e. The Kier molecular flexibility index (Phi) is 7.24. The summed E-state index contributed by atoms with van der Waals surface area (Å²) in [4.78, 5) is 2.43. The van der Waals surface area contributed by atoms with Crippen LogP contribution in [0.1, 0.15) is 50.7 Å². The number of ether oxygens (including phenoxy) is 2. The van der Waals surface area contributed by atoms with Crippen LogP contribution in [0.5, 0.6) is 17.2 Å². The van der Waals surface area contributed by atoms with Crippen LogP contribution in [0.15, 0.2) is 78.9 Å². The number of fused-ring (bicyclic) bond motifs is 1. The number of aromatic hydroxyl groups is 1. The van der Waals surface area contributed by atoms with Crippen LogP contribution >= 0.6 is 0 Å². The molecule has 0 aliphatic carbocycles. The van der Waals surface area contributed by atoms with Gasteiger partial charge in [-0.3, -0.25) is 4.90 Å². The predicted molar refractivity (Wildman–Crippen MR) is 133 cm³/mol. The van der Waals surface area contributed by atoms with E-state index in [4.69, 9.17) is 9.47 Å². The number of hydrogen-bond donors (Lipinski definition) is 1. The summed E-state index contributed by atoms with van der Waals surface area (Å²) in [5.41, 5.74) is 2.12. The fraction of sp³-hybridized carbons (Fsp3) is 0.379. The van der Waals surface area contributed by atoms with Crippen LogP contribution in [-0.2, 0) is 0 Å². The van der Waals surface area contributed by atoms with Gasteiger partial charge in [0.15, 0.2) is 0 Å². The highest BCUT2D eigenvalue weighted by Crippen LogP contribution is 2.45. The number of likely N-dealkylation sites (tertiary alicyclic amines) is 1. The molecular formula is C29H35NO3. The van der Waals surface area contributed by atoms with Gasteiger partial charge in [0.25, 0.3) is 0 Å². The highest BCUT2D eigenvalue weighted by atomic mass is 16.5. The zero-order chi connectivity index (χ0) is 23.3. The van der Waals surface area contributed by atoms with Crippen LogP contribution in [-0.4, -0.2) is 41.3 Å². The van der Waals surface area contributed by atoms with Crippen molar-refractivity contribution in [2.45, 2.75) is 51.2 Å². The third kappa shape index (κ3) is 6.08. The normalized spacial score (nSPS) is 19.3. The monoisotopic (exact) mass is 445 g/mol. The number of nitrogens with zero attached hydrogens (tertiary/aromatic N) is 1. The molecule has 1 fully saturated rings. The molecule has 0 spiro atoms. The number of phenolic OH excluding ortho intramolecular Hbond substituents is 1. The van der Waals surface area contributed by atoms with Crippen molar-refractivity contribution in [2.24, 2.45) is 0 Å². The van der Waals surface area contributed by atoms with Crippen molar-refractivity contribution in [3.05, 3.63) is 90.0 Å². The summed E-state index contributed by atoms with van der Waals surface area (Å²) in [5.74, 6) is 2.22. The molecule has 0 saturated carbocycles. The topological polar surface area (TPSA) is 41.9 Å². The van der Waals surface area contributed by atoms with Gasteiger partial charge >= 0.3 is 0 Å². The van der Waals surface area contributed by atoms with E-state index in [-0.39, 0.29) is 17.3 Å². The first kappa shape index (κ1) is 23.2. The van der Waals surface area contributed by atoms with Gasteiger partial charge in [-0.25, -0.2) is 0 Å². The van der Waals surface area contributed by atoms with Crippen molar-refractivity contribution < 1.29 is 14.6 Å². The average molecular weight is 446 g/mol. The summed E-state index contributed by atoms with van der Waals surface area (Å²) in [6, 6.07) is 25.9. The lowest BCUT2D eigenvalue weighted by Gasteiger charge is -2.39. The molecule has 3 aromatic carbocycles. The maximum absolute atomic E-state index is 9.82. The molecular weight excluding hydrogens is 410 g/mol. The first-order chi connectivity index (χ1) is 15.9. The van der Waals surface area contributed by atoms with Crippen LogP contribution in [0.3, 0.4) is 0 Å². The quantitative estimate of drug-likeness (QED) is 0.504. The third-order valence-electron chi connectivity index (χ3n) is 6.17. The minimum Gasteiger partial charge on any atom is -0.508 e. The number of rotatable bonds is 5. The molecule has 4 nitrogen and oxygen atoms in total. The molecule has 0 aromatic heterocycles. The van der Waals surface area contributed by atoms with E-state index in [1.54, 1.807) is 12.1 Å². The Bertz CT molecular complexity index is 984. The van der Waals surface area contributed by atoms with Gasteiger partial charge in [-0.15, -0.1) is 0 Å². The number of benzene rings is 3. The average Bonchev–Trinajstić information content (AvgIpc) is 2.78. The van der Waals surface area contributed by atoms with Crippen LogP contribution in [0.4, 0.5) is 0 Å². The van der Waals surface area contributed by atoms with Gasteiger partial charge in [0.1, 0.15) is 29.0 Å². The minimum absolute atomic E-state index is 0.242. The van der Waals surface area contributed by atoms with Gasteiger partial charge in [0, 0.05) is 30.6 Å². The molecule has 0 radical (unpaired) electrons. The van der Waals surface area contributed by atoms with Crippen molar-refractivity contribution in [2.75, 3.05) is 19.6 Å². The first-order valence-corrected chi connectivity index (χ1v) is 11.9. The number of hydrogen-bond acceptors (Lipinski definition) is 4. The highest BCUT2D eigenvalue weighted by molar-refractivity contribution is 5.48. The van der Waals surface area contributed by atoms with Crippen LogP contribution < -0.4 is 9.47 Å². The molecule has 5 rings (SSSR count). The summed E-state index contributed by atoms with van der Waals surface area (Å²) in [5, 5.41) is 9.82. The molecule has 174 valence electrons. The summed E-state index contributed by atoms with van der Waals surface area (Å²) in [6.07, 6.45) is 2.41. The third-order valence-corrected chi connectivity index (χ3v) is 6.17. The van der Waals surface area contributed by atoms with Crippen molar-refractivity contribution in [1.29, 1.82) is 0 Å². The van der Waals surface area contributed by atoms with Gasteiger partial charge < -0.3 is 14.6 Å². The molecule has 0 unspecified atom stereocenters. The lowest BCUT2D eigenvalue weighted by molar-refractivity contribution is 0.0202. The van der Waals surface area contributed by atoms with E-state index in [1.165, 1.54) is 12.0 Å². The van der Waals surface area contributed by atoms with Crippen molar-refractivity contribution in [1.82, 2.24) is 4.90 Å². The molecule has 2 aliphatic heterocycles. The fourth-order valence-corrected chi connectivity index (χ4v) is 4.59. The second kappa shape index (κ2) is 10.3. The second-order valence-corrected chi connectivity index (χ2v) is 9.56. The van der Waals surface area contributed by atoms with E-state index in [1.807, 2.05) is 42.5 Å². The molecule has 1 saturated heterocycles.